The number of nitrogens with zero attached hydrogens (tertiary/aromatic N) is 4. The first-order valence-corrected chi connectivity index (χ1v) is 9.58. The number of hydrogen-bond donors (Lipinski definition) is 0. The maximum atomic E-state index is 5.53. The first-order valence-electron chi connectivity index (χ1n) is 9.58. The summed E-state index contributed by atoms with van der Waals surface area (Å²) in [5, 5.41) is 8.57. The lowest BCUT2D eigenvalue weighted by Crippen LogP contribution is -2.48. The molecule has 3 aliphatic rings. The van der Waals surface area contributed by atoms with E-state index in [1.54, 1.807) is 0 Å². The lowest BCUT2D eigenvalue weighted by atomic mass is 9.71. The van der Waals surface area contributed by atoms with Gasteiger partial charge in [-0.3, -0.25) is 0 Å². The highest BCUT2D eigenvalue weighted by Crippen LogP contribution is 2.42. The molecule has 3 aliphatic heterocycles. The SMILES string of the molecule is Cc1ccc(N2CCC3(CCN(CC4CCOC4)CC3)CC2)nn1. The average Bonchev–Trinajstić information content (AvgIpc) is 3.12. The number of rotatable bonds is 3. The average molecular weight is 330 g/mol. The van der Waals surface area contributed by atoms with Crippen LogP contribution in [0.4, 0.5) is 5.82 Å². The van der Waals surface area contributed by atoms with Crippen molar-refractivity contribution in [1.82, 2.24) is 15.1 Å². The number of likely N-dealkylation sites (tertiary alicyclic amines) is 1. The molecule has 3 saturated heterocycles. The zero-order chi connectivity index (χ0) is 16.4. The summed E-state index contributed by atoms with van der Waals surface area (Å²) in [7, 11) is 0. The van der Waals surface area contributed by atoms with Gasteiger partial charge in [-0.1, -0.05) is 0 Å². The molecule has 0 N–H and O–H groups in total. The Morgan fingerprint density at radius 2 is 1.83 bits per heavy atom. The Kier molecular flexibility index (Phi) is 4.72. The van der Waals surface area contributed by atoms with Gasteiger partial charge >= 0.3 is 0 Å². The third kappa shape index (κ3) is 3.57. The van der Waals surface area contributed by atoms with Gasteiger partial charge in [-0.2, -0.15) is 5.10 Å². The van der Waals surface area contributed by atoms with Crippen molar-refractivity contribution in [2.24, 2.45) is 11.3 Å². The van der Waals surface area contributed by atoms with Crippen LogP contribution in [0.2, 0.25) is 0 Å². The predicted molar refractivity (Wildman–Crippen MR) is 95.2 cm³/mol. The van der Waals surface area contributed by atoms with Gasteiger partial charge < -0.3 is 14.5 Å². The molecule has 1 aromatic rings. The van der Waals surface area contributed by atoms with Crippen LogP contribution in [-0.4, -0.2) is 61.0 Å². The summed E-state index contributed by atoms with van der Waals surface area (Å²) in [4.78, 5) is 5.10. The molecule has 1 unspecified atom stereocenters. The molecule has 0 aromatic carbocycles. The Morgan fingerprint density at radius 1 is 1.08 bits per heavy atom. The van der Waals surface area contributed by atoms with Crippen molar-refractivity contribution in [3.8, 4) is 0 Å². The van der Waals surface area contributed by atoms with Crippen molar-refractivity contribution in [2.45, 2.75) is 39.0 Å². The Hall–Kier alpha value is -1.20. The molecule has 4 heterocycles. The number of hydrogen-bond acceptors (Lipinski definition) is 5. The molecule has 5 nitrogen and oxygen atoms in total. The van der Waals surface area contributed by atoms with E-state index >= 15 is 0 Å². The van der Waals surface area contributed by atoms with E-state index in [4.69, 9.17) is 4.74 Å². The number of piperidine rings is 2. The summed E-state index contributed by atoms with van der Waals surface area (Å²) in [6, 6.07) is 4.19. The molecule has 0 amide bonds. The van der Waals surface area contributed by atoms with Crippen molar-refractivity contribution < 1.29 is 4.74 Å². The second-order valence-corrected chi connectivity index (χ2v) is 8.05. The van der Waals surface area contributed by atoms with Gasteiger partial charge in [0, 0.05) is 26.2 Å². The molecule has 0 bridgehead atoms. The summed E-state index contributed by atoms with van der Waals surface area (Å²) in [6.45, 7) is 10.0. The fourth-order valence-electron chi connectivity index (χ4n) is 4.57. The number of anilines is 1. The Balaban J connectivity index is 1.27. The minimum Gasteiger partial charge on any atom is -0.381 e. The van der Waals surface area contributed by atoms with E-state index in [0.717, 1.165) is 43.7 Å². The molecular weight excluding hydrogens is 300 g/mol. The predicted octanol–water partition coefficient (Wildman–Crippen LogP) is 2.50. The zero-order valence-corrected chi connectivity index (χ0v) is 14.9. The number of aromatic nitrogens is 2. The first kappa shape index (κ1) is 16.3. The standard InChI is InChI=1S/C19H30N4O/c1-16-2-3-18(21-20-16)23-11-7-19(8-12-23)5-9-22(10-6-19)14-17-4-13-24-15-17/h2-3,17H,4-15H2,1H3. The van der Waals surface area contributed by atoms with E-state index < -0.39 is 0 Å². The smallest absolute Gasteiger partial charge is 0.151 e. The molecule has 24 heavy (non-hydrogen) atoms. The van der Waals surface area contributed by atoms with E-state index in [1.807, 2.05) is 6.92 Å². The molecule has 3 fully saturated rings. The lowest BCUT2D eigenvalue weighted by molar-refractivity contribution is 0.0682. The van der Waals surface area contributed by atoms with Crippen molar-refractivity contribution in [1.29, 1.82) is 0 Å². The molecule has 4 rings (SSSR count). The fraction of sp³-hybridized carbons (Fsp3) is 0.789. The molecule has 5 heteroatoms. The van der Waals surface area contributed by atoms with Crippen molar-refractivity contribution >= 4 is 5.82 Å². The van der Waals surface area contributed by atoms with Gasteiger partial charge in [0.05, 0.1) is 12.3 Å². The minimum absolute atomic E-state index is 0.581. The Labute approximate surface area is 145 Å². The second kappa shape index (κ2) is 6.96. The van der Waals surface area contributed by atoms with E-state index in [1.165, 1.54) is 51.7 Å². The first-order chi connectivity index (χ1) is 11.7. The Bertz CT molecular complexity index is 523. The maximum Gasteiger partial charge on any atom is 0.151 e. The molecule has 1 spiro atoms. The van der Waals surface area contributed by atoms with Gasteiger partial charge in [-0.15, -0.1) is 5.10 Å². The van der Waals surface area contributed by atoms with Gasteiger partial charge in [0.1, 0.15) is 0 Å². The van der Waals surface area contributed by atoms with Crippen molar-refractivity contribution in [2.75, 3.05) is 50.8 Å². The van der Waals surface area contributed by atoms with Gasteiger partial charge in [-0.05, 0) is 75.6 Å². The van der Waals surface area contributed by atoms with Crippen LogP contribution in [0.3, 0.4) is 0 Å². The minimum atomic E-state index is 0.581. The van der Waals surface area contributed by atoms with E-state index in [9.17, 15) is 0 Å². The van der Waals surface area contributed by atoms with Crippen LogP contribution < -0.4 is 4.90 Å². The van der Waals surface area contributed by atoms with Gasteiger partial charge in [-0.25, -0.2) is 0 Å². The summed E-state index contributed by atoms with van der Waals surface area (Å²) >= 11 is 0. The molecule has 0 saturated carbocycles. The molecular formula is C19H30N4O. The van der Waals surface area contributed by atoms with Crippen LogP contribution in [-0.2, 0) is 4.74 Å². The fourth-order valence-corrected chi connectivity index (χ4v) is 4.57. The summed E-state index contributed by atoms with van der Waals surface area (Å²) in [5.41, 5.74) is 1.57. The van der Waals surface area contributed by atoms with Gasteiger partial charge in [0.2, 0.25) is 0 Å². The molecule has 0 aliphatic carbocycles. The molecule has 1 atom stereocenters. The highest BCUT2D eigenvalue weighted by atomic mass is 16.5. The topological polar surface area (TPSA) is 41.5 Å². The van der Waals surface area contributed by atoms with Crippen LogP contribution in [0.1, 0.15) is 37.8 Å². The van der Waals surface area contributed by atoms with Crippen LogP contribution >= 0.6 is 0 Å². The molecule has 1 aromatic heterocycles. The summed E-state index contributed by atoms with van der Waals surface area (Å²) in [5.74, 6) is 1.83. The highest BCUT2D eigenvalue weighted by molar-refractivity contribution is 5.37. The molecule has 132 valence electrons. The molecule has 0 radical (unpaired) electrons. The third-order valence-electron chi connectivity index (χ3n) is 6.39. The zero-order valence-electron chi connectivity index (χ0n) is 14.9. The second-order valence-electron chi connectivity index (χ2n) is 8.05. The normalized spacial score (nSPS) is 27.7. The summed E-state index contributed by atoms with van der Waals surface area (Å²) in [6.07, 6.45) is 6.61. The highest BCUT2D eigenvalue weighted by Gasteiger charge is 2.38. The lowest BCUT2D eigenvalue weighted by Gasteiger charge is -2.47. The largest absolute Gasteiger partial charge is 0.381 e. The third-order valence-corrected chi connectivity index (χ3v) is 6.39. The maximum absolute atomic E-state index is 5.53. The van der Waals surface area contributed by atoms with E-state index in [-0.39, 0.29) is 0 Å². The van der Waals surface area contributed by atoms with E-state index in [0.29, 0.717) is 5.41 Å². The van der Waals surface area contributed by atoms with Crippen LogP contribution in [0.15, 0.2) is 12.1 Å². The van der Waals surface area contributed by atoms with Crippen molar-refractivity contribution in [3.05, 3.63) is 17.8 Å². The monoisotopic (exact) mass is 330 g/mol. The van der Waals surface area contributed by atoms with Gasteiger partial charge in [0.15, 0.2) is 5.82 Å². The summed E-state index contributed by atoms with van der Waals surface area (Å²) < 4.78 is 5.53. The van der Waals surface area contributed by atoms with Gasteiger partial charge in [0.25, 0.3) is 0 Å². The number of aryl methyl sites for hydroxylation is 1. The number of ether oxygens (including phenoxy) is 1. The van der Waals surface area contributed by atoms with Crippen LogP contribution in [0, 0.1) is 18.3 Å². The Morgan fingerprint density at radius 3 is 2.46 bits per heavy atom. The van der Waals surface area contributed by atoms with Crippen LogP contribution in [0.5, 0.6) is 0 Å². The van der Waals surface area contributed by atoms with Crippen LogP contribution in [0.25, 0.3) is 0 Å². The van der Waals surface area contributed by atoms with E-state index in [2.05, 4.69) is 32.1 Å². The quantitative estimate of drug-likeness (QED) is 0.852. The van der Waals surface area contributed by atoms with Crippen molar-refractivity contribution in [3.63, 3.8) is 0 Å².